The predicted octanol–water partition coefficient (Wildman–Crippen LogP) is 0.896. The molecule has 1 aromatic heterocycles. The van der Waals surface area contributed by atoms with Crippen molar-refractivity contribution >= 4 is 16.0 Å². The van der Waals surface area contributed by atoms with Crippen LogP contribution in [0.25, 0.3) is 0 Å². The molecule has 6 nitrogen and oxygen atoms in total. The average Bonchev–Trinajstić information content (AvgIpc) is 2.81. The minimum absolute atomic E-state index is 0.0726. The van der Waals surface area contributed by atoms with E-state index in [-0.39, 0.29) is 10.6 Å². The summed E-state index contributed by atoms with van der Waals surface area (Å²) in [5, 5.41) is 8.98. The van der Waals surface area contributed by atoms with Gasteiger partial charge < -0.3 is 9.67 Å². The third-order valence-electron chi connectivity index (χ3n) is 2.65. The van der Waals surface area contributed by atoms with Gasteiger partial charge in [0, 0.05) is 12.7 Å². The van der Waals surface area contributed by atoms with Crippen LogP contribution in [0.2, 0.25) is 0 Å². The van der Waals surface area contributed by atoms with Crippen LogP contribution in [0.15, 0.2) is 17.2 Å². The highest BCUT2D eigenvalue weighted by molar-refractivity contribution is 7.89. The van der Waals surface area contributed by atoms with Gasteiger partial charge >= 0.3 is 5.97 Å². The zero-order valence-corrected chi connectivity index (χ0v) is 11.6. The van der Waals surface area contributed by atoms with Gasteiger partial charge in [0.15, 0.2) is 0 Å². The smallest absolute Gasteiger partial charge is 0.352 e. The number of carboxylic acid groups (broad SMARTS) is 1. The molecule has 19 heavy (non-hydrogen) atoms. The zero-order chi connectivity index (χ0) is 14.6. The maximum absolute atomic E-state index is 12.1. The van der Waals surface area contributed by atoms with Crippen molar-refractivity contribution in [2.75, 3.05) is 0 Å². The molecule has 1 aromatic rings. The summed E-state index contributed by atoms with van der Waals surface area (Å²) >= 11 is 0. The Morgan fingerprint density at radius 2 is 2.21 bits per heavy atom. The Morgan fingerprint density at radius 1 is 1.58 bits per heavy atom. The number of terminal acetylenes is 1. The molecule has 0 aliphatic rings. The molecule has 1 unspecified atom stereocenters. The zero-order valence-electron chi connectivity index (χ0n) is 10.8. The van der Waals surface area contributed by atoms with Crippen molar-refractivity contribution in [1.82, 2.24) is 9.29 Å². The fraction of sp³-hybridized carbons (Fsp3) is 0.417. The molecule has 1 rings (SSSR count). The number of hydrogen-bond donors (Lipinski definition) is 2. The van der Waals surface area contributed by atoms with Crippen LogP contribution >= 0.6 is 0 Å². The van der Waals surface area contributed by atoms with Gasteiger partial charge in [-0.3, -0.25) is 0 Å². The van der Waals surface area contributed by atoms with Crippen LogP contribution in [0.3, 0.4) is 0 Å². The fourth-order valence-electron chi connectivity index (χ4n) is 1.56. The van der Waals surface area contributed by atoms with Gasteiger partial charge in [-0.05, 0) is 19.4 Å². The summed E-state index contributed by atoms with van der Waals surface area (Å²) in [6.07, 6.45) is 6.94. The lowest BCUT2D eigenvalue weighted by atomic mass is 10.3. The highest BCUT2D eigenvalue weighted by Gasteiger charge is 2.22. The SMILES string of the molecule is C#CC(CC)NS(=O)(=O)c1cc(C(=O)O)n(CC)c1. The van der Waals surface area contributed by atoms with Crippen LogP contribution in [0.5, 0.6) is 0 Å². The summed E-state index contributed by atoms with van der Waals surface area (Å²) in [4.78, 5) is 10.9. The number of nitrogens with zero attached hydrogens (tertiary/aromatic N) is 1. The number of aromatic nitrogens is 1. The first-order valence-corrected chi connectivity index (χ1v) is 7.26. The van der Waals surface area contributed by atoms with Crippen LogP contribution in [0, 0.1) is 12.3 Å². The number of rotatable bonds is 6. The Morgan fingerprint density at radius 3 is 2.58 bits per heavy atom. The summed E-state index contributed by atoms with van der Waals surface area (Å²) in [5.41, 5.74) is -0.0726. The lowest BCUT2D eigenvalue weighted by molar-refractivity contribution is 0.0685. The summed E-state index contributed by atoms with van der Waals surface area (Å²) in [5.74, 6) is 1.15. The Labute approximate surface area is 112 Å². The summed E-state index contributed by atoms with van der Waals surface area (Å²) in [6, 6.07) is 0.514. The van der Waals surface area contributed by atoms with Crippen LogP contribution in [0.1, 0.15) is 30.8 Å². The maximum Gasteiger partial charge on any atom is 0.352 e. The van der Waals surface area contributed by atoms with E-state index in [1.54, 1.807) is 13.8 Å². The molecular formula is C12H16N2O4S. The van der Waals surface area contributed by atoms with Crippen molar-refractivity contribution in [3.63, 3.8) is 0 Å². The van der Waals surface area contributed by atoms with Gasteiger partial charge in [-0.15, -0.1) is 6.42 Å². The molecular weight excluding hydrogens is 268 g/mol. The normalized spacial score (nSPS) is 12.9. The van der Waals surface area contributed by atoms with Gasteiger partial charge in [-0.1, -0.05) is 12.8 Å². The first kappa shape index (κ1) is 15.3. The van der Waals surface area contributed by atoms with Gasteiger partial charge in [0.25, 0.3) is 0 Å². The molecule has 0 bridgehead atoms. The van der Waals surface area contributed by atoms with Gasteiger partial charge in [0.2, 0.25) is 10.0 Å². The van der Waals surface area contributed by atoms with E-state index in [1.165, 1.54) is 10.8 Å². The van der Waals surface area contributed by atoms with Crippen molar-refractivity contribution in [2.45, 2.75) is 37.8 Å². The van der Waals surface area contributed by atoms with Crippen LogP contribution in [-0.4, -0.2) is 30.1 Å². The van der Waals surface area contributed by atoms with Gasteiger partial charge in [0.1, 0.15) is 10.6 Å². The van der Waals surface area contributed by atoms with E-state index in [4.69, 9.17) is 11.5 Å². The van der Waals surface area contributed by atoms with E-state index in [2.05, 4.69) is 10.6 Å². The van der Waals surface area contributed by atoms with E-state index in [0.29, 0.717) is 13.0 Å². The number of hydrogen-bond acceptors (Lipinski definition) is 3. The molecule has 2 N–H and O–H groups in total. The summed E-state index contributed by atoms with van der Waals surface area (Å²) in [7, 11) is -3.81. The Bertz CT molecular complexity index is 610. The second-order valence-electron chi connectivity index (χ2n) is 3.90. The van der Waals surface area contributed by atoms with Gasteiger partial charge in [-0.2, -0.15) is 4.72 Å². The van der Waals surface area contributed by atoms with Crippen molar-refractivity contribution in [1.29, 1.82) is 0 Å². The van der Waals surface area contributed by atoms with E-state index in [0.717, 1.165) is 6.07 Å². The largest absolute Gasteiger partial charge is 0.477 e. The highest BCUT2D eigenvalue weighted by atomic mass is 32.2. The molecule has 0 saturated carbocycles. The summed E-state index contributed by atoms with van der Waals surface area (Å²) in [6.45, 7) is 3.85. The van der Waals surface area contributed by atoms with E-state index < -0.39 is 22.0 Å². The maximum atomic E-state index is 12.1. The van der Waals surface area contributed by atoms with E-state index in [9.17, 15) is 13.2 Å². The van der Waals surface area contributed by atoms with Crippen LogP contribution < -0.4 is 4.72 Å². The number of aryl methyl sites for hydroxylation is 1. The Hall–Kier alpha value is -1.78. The molecule has 1 heterocycles. The van der Waals surface area contributed by atoms with Crippen molar-refractivity contribution in [2.24, 2.45) is 0 Å². The molecule has 1 atom stereocenters. The van der Waals surface area contributed by atoms with Gasteiger partial charge in [0.05, 0.1) is 6.04 Å². The fourth-order valence-corrected chi connectivity index (χ4v) is 2.84. The lowest BCUT2D eigenvalue weighted by Crippen LogP contribution is -2.33. The predicted molar refractivity (Wildman–Crippen MR) is 70.3 cm³/mol. The molecule has 0 radical (unpaired) electrons. The molecule has 0 spiro atoms. The first-order chi connectivity index (χ1) is 8.85. The highest BCUT2D eigenvalue weighted by Crippen LogP contribution is 2.15. The second kappa shape index (κ2) is 5.91. The average molecular weight is 284 g/mol. The van der Waals surface area contributed by atoms with E-state index >= 15 is 0 Å². The molecule has 0 aliphatic carbocycles. The second-order valence-corrected chi connectivity index (χ2v) is 5.61. The van der Waals surface area contributed by atoms with Crippen molar-refractivity contribution < 1.29 is 18.3 Å². The molecule has 0 aromatic carbocycles. The van der Waals surface area contributed by atoms with E-state index in [1.807, 2.05) is 0 Å². The number of carbonyl (C=O) groups is 1. The van der Waals surface area contributed by atoms with Gasteiger partial charge in [-0.25, -0.2) is 13.2 Å². The molecule has 0 saturated heterocycles. The minimum atomic E-state index is -3.81. The Kier molecular flexibility index (Phi) is 4.75. The molecule has 104 valence electrons. The molecule has 7 heteroatoms. The number of aromatic carboxylic acids is 1. The third-order valence-corrected chi connectivity index (χ3v) is 4.09. The van der Waals surface area contributed by atoms with Crippen molar-refractivity contribution in [3.05, 3.63) is 18.0 Å². The molecule has 0 aliphatic heterocycles. The quantitative estimate of drug-likeness (QED) is 0.760. The standard InChI is InChI=1S/C12H16N2O4S/c1-4-9(5-2)13-19(17,18)10-7-11(12(15)16)14(6-3)8-10/h1,7-9,13H,5-6H2,2-3H3,(H,15,16). The minimum Gasteiger partial charge on any atom is -0.477 e. The Balaban J connectivity index is 3.16. The lowest BCUT2D eigenvalue weighted by Gasteiger charge is -2.09. The van der Waals surface area contributed by atoms with Crippen LogP contribution in [0.4, 0.5) is 0 Å². The monoisotopic (exact) mass is 284 g/mol. The molecule has 0 amide bonds. The first-order valence-electron chi connectivity index (χ1n) is 5.77. The van der Waals surface area contributed by atoms with Crippen LogP contribution in [-0.2, 0) is 16.6 Å². The topological polar surface area (TPSA) is 88.4 Å². The summed E-state index contributed by atoms with van der Waals surface area (Å²) < 4.78 is 27.8. The number of sulfonamides is 1. The third kappa shape index (κ3) is 3.36. The number of carboxylic acids is 1. The molecule has 0 fully saturated rings. The number of nitrogens with one attached hydrogen (secondary N) is 1. The van der Waals surface area contributed by atoms with Crippen molar-refractivity contribution in [3.8, 4) is 12.3 Å².